The van der Waals surface area contributed by atoms with Gasteiger partial charge in [0, 0.05) is 24.5 Å². The standard InChI is InChI=1S/C10H18N4/c11-13-12-5-2-6-14-7-9-3-1-4-10(9)8-14/h9-10H,1-8H2. The minimum absolute atomic E-state index is 0.655. The van der Waals surface area contributed by atoms with Crippen molar-refractivity contribution in [2.24, 2.45) is 17.0 Å². The maximum absolute atomic E-state index is 8.13. The monoisotopic (exact) mass is 194 g/mol. The molecular formula is C10H18N4. The third kappa shape index (κ3) is 2.20. The molecule has 2 aliphatic rings. The van der Waals surface area contributed by atoms with Crippen molar-refractivity contribution in [2.45, 2.75) is 25.7 Å². The summed E-state index contributed by atoms with van der Waals surface area (Å²) in [5, 5.41) is 3.56. The van der Waals surface area contributed by atoms with Gasteiger partial charge in [-0.3, -0.25) is 0 Å². The first-order valence-electron chi connectivity index (χ1n) is 5.63. The predicted molar refractivity (Wildman–Crippen MR) is 55.9 cm³/mol. The fourth-order valence-corrected chi connectivity index (χ4v) is 2.92. The smallest absolute Gasteiger partial charge is 0.0270 e. The number of likely N-dealkylation sites (tertiary alicyclic amines) is 1. The van der Waals surface area contributed by atoms with Gasteiger partial charge in [-0.05, 0) is 43.2 Å². The summed E-state index contributed by atoms with van der Waals surface area (Å²) in [4.78, 5) is 5.31. The van der Waals surface area contributed by atoms with E-state index >= 15 is 0 Å². The normalized spacial score (nSPS) is 31.4. The van der Waals surface area contributed by atoms with E-state index in [4.69, 9.17) is 5.53 Å². The highest BCUT2D eigenvalue weighted by molar-refractivity contribution is 4.88. The summed E-state index contributed by atoms with van der Waals surface area (Å²) in [6, 6.07) is 0. The molecule has 1 aliphatic heterocycles. The summed E-state index contributed by atoms with van der Waals surface area (Å²) in [7, 11) is 0. The number of fused-ring (bicyclic) bond motifs is 1. The van der Waals surface area contributed by atoms with E-state index in [0.29, 0.717) is 6.54 Å². The van der Waals surface area contributed by atoms with Crippen molar-refractivity contribution in [3.05, 3.63) is 10.4 Å². The van der Waals surface area contributed by atoms with Crippen molar-refractivity contribution >= 4 is 0 Å². The van der Waals surface area contributed by atoms with Crippen LogP contribution in [0.3, 0.4) is 0 Å². The van der Waals surface area contributed by atoms with Crippen molar-refractivity contribution in [3.63, 3.8) is 0 Å². The highest BCUT2D eigenvalue weighted by Gasteiger charge is 2.35. The molecule has 1 aliphatic carbocycles. The Balaban J connectivity index is 1.66. The van der Waals surface area contributed by atoms with E-state index in [-0.39, 0.29) is 0 Å². The average Bonchev–Trinajstić information content (AvgIpc) is 2.72. The molecule has 1 saturated carbocycles. The highest BCUT2D eigenvalue weighted by Crippen LogP contribution is 2.37. The van der Waals surface area contributed by atoms with Crippen LogP contribution in [0.15, 0.2) is 5.11 Å². The van der Waals surface area contributed by atoms with Gasteiger partial charge in [-0.2, -0.15) is 0 Å². The molecule has 2 unspecified atom stereocenters. The summed E-state index contributed by atoms with van der Waals surface area (Å²) in [6.45, 7) is 4.36. The van der Waals surface area contributed by atoms with Crippen molar-refractivity contribution in [3.8, 4) is 0 Å². The van der Waals surface area contributed by atoms with Crippen LogP contribution in [0.2, 0.25) is 0 Å². The number of hydrogen-bond acceptors (Lipinski definition) is 2. The molecule has 14 heavy (non-hydrogen) atoms. The molecule has 0 amide bonds. The van der Waals surface area contributed by atoms with Crippen LogP contribution in [-0.4, -0.2) is 31.1 Å². The third-order valence-electron chi connectivity index (χ3n) is 3.60. The molecule has 2 fully saturated rings. The zero-order valence-electron chi connectivity index (χ0n) is 8.60. The van der Waals surface area contributed by atoms with Gasteiger partial charge in [0.1, 0.15) is 0 Å². The zero-order chi connectivity index (χ0) is 9.80. The molecule has 1 heterocycles. The minimum atomic E-state index is 0.655. The number of rotatable bonds is 4. The van der Waals surface area contributed by atoms with Gasteiger partial charge in [-0.1, -0.05) is 11.5 Å². The van der Waals surface area contributed by atoms with Crippen molar-refractivity contribution < 1.29 is 0 Å². The molecule has 1 saturated heterocycles. The van der Waals surface area contributed by atoms with Crippen LogP contribution in [0.1, 0.15) is 25.7 Å². The first kappa shape index (κ1) is 9.81. The SMILES string of the molecule is [N-]=[N+]=NCCCN1CC2CCCC2C1. The van der Waals surface area contributed by atoms with E-state index in [1.165, 1.54) is 32.4 Å². The quantitative estimate of drug-likeness (QED) is 0.293. The minimum Gasteiger partial charge on any atom is -0.303 e. The Kier molecular flexibility index (Phi) is 3.27. The van der Waals surface area contributed by atoms with Crippen molar-refractivity contribution in [1.29, 1.82) is 0 Å². The second kappa shape index (κ2) is 4.67. The second-order valence-electron chi connectivity index (χ2n) is 4.52. The summed E-state index contributed by atoms with van der Waals surface area (Å²) in [5.74, 6) is 1.96. The van der Waals surface area contributed by atoms with Crippen LogP contribution in [0.5, 0.6) is 0 Å². The molecule has 2 atom stereocenters. The molecule has 4 heteroatoms. The fraction of sp³-hybridized carbons (Fsp3) is 1.00. The summed E-state index contributed by atoms with van der Waals surface area (Å²) < 4.78 is 0. The van der Waals surface area contributed by atoms with Crippen LogP contribution in [0, 0.1) is 11.8 Å². The molecule has 0 N–H and O–H groups in total. The van der Waals surface area contributed by atoms with Crippen LogP contribution < -0.4 is 0 Å². The van der Waals surface area contributed by atoms with Gasteiger partial charge >= 0.3 is 0 Å². The predicted octanol–water partition coefficient (Wildman–Crippen LogP) is 2.42. The molecule has 0 aromatic carbocycles. The summed E-state index contributed by atoms with van der Waals surface area (Å²) >= 11 is 0. The molecule has 0 radical (unpaired) electrons. The Hall–Kier alpha value is -0.730. The fourth-order valence-electron chi connectivity index (χ4n) is 2.92. The van der Waals surface area contributed by atoms with E-state index in [1.807, 2.05) is 0 Å². The molecule has 78 valence electrons. The average molecular weight is 194 g/mol. The topological polar surface area (TPSA) is 52.0 Å². The van der Waals surface area contributed by atoms with Crippen LogP contribution in [-0.2, 0) is 0 Å². The lowest BCUT2D eigenvalue weighted by Crippen LogP contribution is -2.23. The van der Waals surface area contributed by atoms with Crippen LogP contribution in [0.25, 0.3) is 10.4 Å². The van der Waals surface area contributed by atoms with E-state index in [9.17, 15) is 0 Å². The van der Waals surface area contributed by atoms with Gasteiger partial charge in [-0.15, -0.1) is 0 Å². The van der Waals surface area contributed by atoms with Gasteiger partial charge < -0.3 is 4.90 Å². The molecular weight excluding hydrogens is 176 g/mol. The lowest BCUT2D eigenvalue weighted by atomic mass is 10.0. The molecule has 0 aromatic rings. The van der Waals surface area contributed by atoms with Gasteiger partial charge in [-0.25, -0.2) is 0 Å². The lowest BCUT2D eigenvalue weighted by molar-refractivity contribution is 0.309. The van der Waals surface area contributed by atoms with E-state index in [0.717, 1.165) is 24.8 Å². The lowest BCUT2D eigenvalue weighted by Gasteiger charge is -2.15. The second-order valence-corrected chi connectivity index (χ2v) is 4.52. The highest BCUT2D eigenvalue weighted by atomic mass is 15.2. The Morgan fingerprint density at radius 3 is 2.64 bits per heavy atom. The van der Waals surface area contributed by atoms with E-state index in [1.54, 1.807) is 0 Å². The number of azide groups is 1. The van der Waals surface area contributed by atoms with Crippen molar-refractivity contribution in [2.75, 3.05) is 26.2 Å². The molecule has 0 spiro atoms. The number of nitrogens with zero attached hydrogens (tertiary/aromatic N) is 4. The number of hydrogen-bond donors (Lipinski definition) is 0. The third-order valence-corrected chi connectivity index (χ3v) is 3.60. The van der Waals surface area contributed by atoms with E-state index < -0.39 is 0 Å². The van der Waals surface area contributed by atoms with Crippen LogP contribution >= 0.6 is 0 Å². The van der Waals surface area contributed by atoms with E-state index in [2.05, 4.69) is 14.9 Å². The van der Waals surface area contributed by atoms with Gasteiger partial charge in [0.05, 0.1) is 0 Å². The molecule has 2 rings (SSSR count). The maximum Gasteiger partial charge on any atom is 0.0270 e. The zero-order valence-corrected chi connectivity index (χ0v) is 8.60. The van der Waals surface area contributed by atoms with Gasteiger partial charge in [0.15, 0.2) is 0 Å². The Morgan fingerprint density at radius 2 is 2.00 bits per heavy atom. The Bertz CT molecular complexity index is 222. The van der Waals surface area contributed by atoms with Gasteiger partial charge in [0.2, 0.25) is 0 Å². The Labute approximate surface area is 84.9 Å². The largest absolute Gasteiger partial charge is 0.303 e. The van der Waals surface area contributed by atoms with Gasteiger partial charge in [0.25, 0.3) is 0 Å². The summed E-state index contributed by atoms with van der Waals surface area (Å²) in [5.41, 5.74) is 8.13. The maximum atomic E-state index is 8.13. The Morgan fingerprint density at radius 1 is 1.29 bits per heavy atom. The first-order chi connectivity index (χ1) is 6.90. The molecule has 0 bridgehead atoms. The van der Waals surface area contributed by atoms with Crippen molar-refractivity contribution in [1.82, 2.24) is 4.90 Å². The first-order valence-corrected chi connectivity index (χ1v) is 5.63. The molecule has 0 aromatic heterocycles. The van der Waals surface area contributed by atoms with Crippen LogP contribution in [0.4, 0.5) is 0 Å². The molecule has 4 nitrogen and oxygen atoms in total. The summed E-state index contributed by atoms with van der Waals surface area (Å²) in [6.07, 6.45) is 5.35.